The monoisotopic (exact) mass is 314 g/mol. The number of nitrogens with zero attached hydrogens (tertiary/aromatic N) is 2. The minimum absolute atomic E-state index is 0.137. The van der Waals surface area contributed by atoms with Crippen LogP contribution < -0.4 is 0 Å². The minimum atomic E-state index is -0.137. The van der Waals surface area contributed by atoms with Crippen LogP contribution in [0.15, 0.2) is 96.0 Å². The van der Waals surface area contributed by atoms with Crippen LogP contribution in [0.5, 0.6) is 0 Å². The van der Waals surface area contributed by atoms with Crippen LogP contribution in [0.4, 0.5) is 0 Å². The largest absolute Gasteiger partial charge is 0.383 e. The van der Waals surface area contributed by atoms with Crippen molar-refractivity contribution in [3.05, 3.63) is 108 Å². The summed E-state index contributed by atoms with van der Waals surface area (Å²) in [4.78, 5) is 10.9. The van der Waals surface area contributed by atoms with Gasteiger partial charge in [-0.05, 0) is 23.3 Å². The van der Waals surface area contributed by atoms with Crippen LogP contribution in [0.25, 0.3) is 0 Å². The Bertz CT molecular complexity index is 816. The van der Waals surface area contributed by atoms with Gasteiger partial charge in [0.1, 0.15) is 0 Å². The second kappa shape index (κ2) is 6.69. The third kappa shape index (κ3) is 3.07. The van der Waals surface area contributed by atoms with Crippen molar-refractivity contribution in [2.24, 2.45) is 4.99 Å². The van der Waals surface area contributed by atoms with Crippen molar-refractivity contribution in [2.75, 3.05) is 0 Å². The Hall–Kier alpha value is -2.91. The van der Waals surface area contributed by atoms with Gasteiger partial charge in [-0.25, -0.2) is 4.99 Å². The molecule has 24 heavy (non-hydrogen) atoms. The fourth-order valence-electron chi connectivity index (χ4n) is 2.82. The van der Waals surface area contributed by atoms with E-state index in [1.807, 2.05) is 71.8 Å². The molecule has 1 heterocycles. The summed E-state index contributed by atoms with van der Waals surface area (Å²) in [6.07, 6.45) is -0.137. The van der Waals surface area contributed by atoms with Crippen LogP contribution in [0.2, 0.25) is 0 Å². The van der Waals surface area contributed by atoms with Gasteiger partial charge in [-0.3, -0.25) is 0 Å². The SMILES string of the molecule is c1ccc(CN2OC(c3ccccc3)=NC2c2ccccc2)cc1. The fraction of sp³-hybridized carbons (Fsp3) is 0.0952. The van der Waals surface area contributed by atoms with E-state index in [0.717, 1.165) is 11.1 Å². The Morgan fingerprint density at radius 1 is 0.750 bits per heavy atom. The average Bonchev–Trinajstić information content (AvgIpc) is 3.08. The lowest BCUT2D eigenvalue weighted by molar-refractivity contribution is -0.0928. The van der Waals surface area contributed by atoms with Gasteiger partial charge in [0.2, 0.25) is 5.90 Å². The highest BCUT2D eigenvalue weighted by molar-refractivity contribution is 5.94. The molecule has 3 aromatic carbocycles. The van der Waals surface area contributed by atoms with E-state index in [2.05, 4.69) is 24.3 Å². The highest BCUT2D eigenvalue weighted by atomic mass is 16.7. The van der Waals surface area contributed by atoms with Crippen molar-refractivity contribution in [3.8, 4) is 0 Å². The molecular weight excluding hydrogens is 296 g/mol. The zero-order valence-electron chi connectivity index (χ0n) is 13.2. The van der Waals surface area contributed by atoms with Gasteiger partial charge in [-0.15, -0.1) is 5.06 Å². The van der Waals surface area contributed by atoms with E-state index in [9.17, 15) is 0 Å². The van der Waals surface area contributed by atoms with E-state index < -0.39 is 0 Å². The van der Waals surface area contributed by atoms with Gasteiger partial charge < -0.3 is 4.84 Å². The highest BCUT2D eigenvalue weighted by Gasteiger charge is 2.30. The molecule has 0 aromatic heterocycles. The normalized spacial score (nSPS) is 17.3. The van der Waals surface area contributed by atoms with E-state index in [0.29, 0.717) is 12.4 Å². The maximum absolute atomic E-state index is 6.10. The Morgan fingerprint density at radius 2 is 1.33 bits per heavy atom. The van der Waals surface area contributed by atoms with Crippen LogP contribution >= 0.6 is 0 Å². The number of hydrogen-bond donors (Lipinski definition) is 0. The zero-order valence-corrected chi connectivity index (χ0v) is 13.2. The summed E-state index contributed by atoms with van der Waals surface area (Å²) < 4.78 is 0. The molecule has 0 spiro atoms. The maximum Gasteiger partial charge on any atom is 0.243 e. The predicted octanol–water partition coefficient (Wildman–Crippen LogP) is 4.58. The Morgan fingerprint density at radius 3 is 2.00 bits per heavy atom. The summed E-state index contributed by atoms with van der Waals surface area (Å²) in [7, 11) is 0. The second-order valence-electron chi connectivity index (χ2n) is 5.74. The Labute approximate surface area is 141 Å². The lowest BCUT2D eigenvalue weighted by Gasteiger charge is -2.21. The van der Waals surface area contributed by atoms with Crippen LogP contribution in [-0.4, -0.2) is 11.0 Å². The topological polar surface area (TPSA) is 24.8 Å². The van der Waals surface area contributed by atoms with Crippen molar-refractivity contribution in [2.45, 2.75) is 12.7 Å². The van der Waals surface area contributed by atoms with Crippen molar-refractivity contribution in [1.29, 1.82) is 0 Å². The molecule has 0 amide bonds. The first kappa shape index (κ1) is 14.7. The molecule has 0 N–H and O–H groups in total. The van der Waals surface area contributed by atoms with Gasteiger partial charge in [0.15, 0.2) is 6.17 Å². The molecule has 1 unspecified atom stereocenters. The van der Waals surface area contributed by atoms with Gasteiger partial charge in [0.05, 0.1) is 6.54 Å². The zero-order chi connectivity index (χ0) is 16.2. The number of aliphatic imine (C=N–C) groups is 1. The summed E-state index contributed by atoms with van der Waals surface area (Å²) in [5.74, 6) is 0.667. The molecule has 0 aliphatic carbocycles. The molecule has 0 bridgehead atoms. The van der Waals surface area contributed by atoms with Gasteiger partial charge in [0.25, 0.3) is 0 Å². The number of benzene rings is 3. The smallest absolute Gasteiger partial charge is 0.243 e. The van der Waals surface area contributed by atoms with E-state index in [1.165, 1.54) is 5.56 Å². The number of hydroxylamine groups is 2. The fourth-order valence-corrected chi connectivity index (χ4v) is 2.82. The van der Waals surface area contributed by atoms with Gasteiger partial charge in [0, 0.05) is 5.56 Å². The first-order valence-electron chi connectivity index (χ1n) is 8.07. The average molecular weight is 314 g/mol. The summed E-state index contributed by atoms with van der Waals surface area (Å²) in [6, 6.07) is 30.6. The van der Waals surface area contributed by atoms with E-state index >= 15 is 0 Å². The van der Waals surface area contributed by atoms with Crippen LogP contribution in [0.3, 0.4) is 0 Å². The molecule has 3 heteroatoms. The lowest BCUT2D eigenvalue weighted by atomic mass is 10.1. The highest BCUT2D eigenvalue weighted by Crippen LogP contribution is 2.31. The molecule has 0 fully saturated rings. The van der Waals surface area contributed by atoms with Crippen molar-refractivity contribution < 1.29 is 4.84 Å². The first-order valence-corrected chi connectivity index (χ1v) is 8.07. The standard InChI is InChI=1S/C21H18N2O/c1-4-10-17(11-5-1)16-23-20(18-12-6-2-7-13-18)22-21(24-23)19-14-8-3-9-15-19/h1-15,20H,16H2. The lowest BCUT2D eigenvalue weighted by Crippen LogP contribution is -2.23. The molecule has 1 aliphatic rings. The third-order valence-electron chi connectivity index (χ3n) is 4.02. The Kier molecular flexibility index (Phi) is 4.09. The van der Waals surface area contributed by atoms with Gasteiger partial charge in [-0.1, -0.05) is 78.9 Å². The molecule has 4 rings (SSSR count). The number of hydrogen-bond acceptors (Lipinski definition) is 3. The maximum atomic E-state index is 6.10. The molecule has 0 saturated heterocycles. The second-order valence-corrected chi connectivity index (χ2v) is 5.74. The molecular formula is C21H18N2O. The Balaban J connectivity index is 1.66. The molecule has 3 nitrogen and oxygen atoms in total. The molecule has 1 atom stereocenters. The number of rotatable bonds is 4. The summed E-state index contributed by atoms with van der Waals surface area (Å²) in [5.41, 5.74) is 3.32. The summed E-state index contributed by atoms with van der Waals surface area (Å²) in [5, 5.41) is 1.94. The van der Waals surface area contributed by atoms with Gasteiger partial charge in [-0.2, -0.15) is 0 Å². The van der Waals surface area contributed by atoms with Crippen molar-refractivity contribution >= 4 is 5.90 Å². The van der Waals surface area contributed by atoms with E-state index in [1.54, 1.807) is 0 Å². The molecule has 0 saturated carbocycles. The van der Waals surface area contributed by atoms with E-state index in [4.69, 9.17) is 9.83 Å². The molecule has 0 radical (unpaired) electrons. The molecule has 3 aromatic rings. The van der Waals surface area contributed by atoms with Crippen LogP contribution in [-0.2, 0) is 11.4 Å². The molecule has 118 valence electrons. The van der Waals surface area contributed by atoms with Crippen LogP contribution in [0, 0.1) is 0 Å². The third-order valence-corrected chi connectivity index (χ3v) is 4.02. The summed E-state index contributed by atoms with van der Waals surface area (Å²) in [6.45, 7) is 0.681. The van der Waals surface area contributed by atoms with Gasteiger partial charge >= 0.3 is 0 Å². The molecule has 1 aliphatic heterocycles. The summed E-state index contributed by atoms with van der Waals surface area (Å²) >= 11 is 0. The van der Waals surface area contributed by atoms with Crippen LogP contribution in [0.1, 0.15) is 22.9 Å². The van der Waals surface area contributed by atoms with Crippen molar-refractivity contribution in [3.63, 3.8) is 0 Å². The predicted molar refractivity (Wildman–Crippen MR) is 95.2 cm³/mol. The van der Waals surface area contributed by atoms with E-state index in [-0.39, 0.29) is 6.17 Å². The first-order chi connectivity index (χ1) is 11.9. The minimum Gasteiger partial charge on any atom is -0.383 e. The quantitative estimate of drug-likeness (QED) is 0.704. The van der Waals surface area contributed by atoms with Crippen molar-refractivity contribution in [1.82, 2.24) is 5.06 Å².